The average Bonchev–Trinajstić information content (AvgIpc) is 2.99. The van der Waals surface area contributed by atoms with Gasteiger partial charge >= 0.3 is 0 Å². The van der Waals surface area contributed by atoms with Gasteiger partial charge in [-0.2, -0.15) is 5.10 Å². The van der Waals surface area contributed by atoms with Crippen molar-refractivity contribution in [2.75, 3.05) is 13.6 Å². The number of halogens is 2. The molecule has 6 nitrogen and oxygen atoms in total. The first-order chi connectivity index (χ1) is 10.2. The molecule has 0 aliphatic carbocycles. The van der Waals surface area contributed by atoms with Gasteiger partial charge in [0.1, 0.15) is 12.7 Å². The van der Waals surface area contributed by atoms with E-state index in [1.165, 1.54) is 6.33 Å². The summed E-state index contributed by atoms with van der Waals surface area (Å²) in [5.74, 6) is 0.0115. The maximum absolute atomic E-state index is 12.0. The van der Waals surface area contributed by atoms with Crippen LogP contribution in [0.5, 0.6) is 0 Å². The van der Waals surface area contributed by atoms with Gasteiger partial charge in [-0.3, -0.25) is 4.79 Å². The van der Waals surface area contributed by atoms with E-state index in [2.05, 4.69) is 20.7 Å². The molecule has 2 rings (SSSR count). The summed E-state index contributed by atoms with van der Waals surface area (Å²) in [7, 11) is 1.84. The zero-order valence-electron chi connectivity index (χ0n) is 13.2. The zero-order chi connectivity index (χ0) is 15.1. The lowest BCUT2D eigenvalue weighted by atomic mass is 10.1. The predicted octanol–water partition coefficient (Wildman–Crippen LogP) is 1.64. The first kappa shape index (κ1) is 21.4. The SMILES string of the molecule is CNCC(C)C(=O)NCc1ccccc1Cn1cncn1.Cl.Cl. The topological polar surface area (TPSA) is 71.8 Å². The van der Waals surface area contributed by atoms with Crippen LogP contribution in [-0.4, -0.2) is 34.3 Å². The fourth-order valence-corrected chi connectivity index (χ4v) is 2.13. The van der Waals surface area contributed by atoms with Crippen LogP contribution in [0.4, 0.5) is 0 Å². The lowest BCUT2D eigenvalue weighted by molar-refractivity contribution is -0.124. The second-order valence-electron chi connectivity index (χ2n) is 5.04. The van der Waals surface area contributed by atoms with Gasteiger partial charge in [0.05, 0.1) is 6.54 Å². The molecule has 2 N–H and O–H groups in total. The Balaban J connectivity index is 0.00000242. The normalized spacial score (nSPS) is 11.0. The van der Waals surface area contributed by atoms with Gasteiger partial charge in [0.2, 0.25) is 5.91 Å². The molecule has 0 spiro atoms. The van der Waals surface area contributed by atoms with Crippen LogP contribution in [0, 0.1) is 5.92 Å². The molecule has 1 atom stereocenters. The maximum atomic E-state index is 12.0. The standard InChI is InChI=1S/C15H21N5O.2ClH/c1-12(7-16-2)15(21)18-8-13-5-3-4-6-14(13)9-20-11-17-10-19-20;;/h3-6,10-12,16H,7-9H2,1-2H3,(H,18,21);2*1H. The van der Waals surface area contributed by atoms with E-state index in [0.717, 1.165) is 11.1 Å². The van der Waals surface area contributed by atoms with E-state index in [0.29, 0.717) is 19.6 Å². The molecule has 0 saturated carbocycles. The highest BCUT2D eigenvalue weighted by atomic mass is 35.5. The maximum Gasteiger partial charge on any atom is 0.224 e. The second-order valence-corrected chi connectivity index (χ2v) is 5.04. The molecule has 23 heavy (non-hydrogen) atoms. The summed E-state index contributed by atoms with van der Waals surface area (Å²) in [5.41, 5.74) is 2.22. The molecule has 0 fully saturated rings. The number of nitrogens with zero attached hydrogens (tertiary/aromatic N) is 3. The Morgan fingerprint density at radius 2 is 1.96 bits per heavy atom. The number of aromatic nitrogens is 3. The fourth-order valence-electron chi connectivity index (χ4n) is 2.13. The summed E-state index contributed by atoms with van der Waals surface area (Å²) in [5, 5.41) is 10.1. The zero-order valence-corrected chi connectivity index (χ0v) is 14.9. The molecule has 2 aromatic rings. The number of hydrogen-bond donors (Lipinski definition) is 2. The van der Waals surface area contributed by atoms with Gasteiger partial charge < -0.3 is 10.6 Å². The largest absolute Gasteiger partial charge is 0.352 e. The van der Waals surface area contributed by atoms with E-state index in [4.69, 9.17) is 0 Å². The molecule has 128 valence electrons. The van der Waals surface area contributed by atoms with Crippen LogP contribution in [-0.2, 0) is 17.9 Å². The van der Waals surface area contributed by atoms with E-state index in [-0.39, 0.29) is 36.6 Å². The van der Waals surface area contributed by atoms with Crippen molar-refractivity contribution < 1.29 is 4.79 Å². The minimum absolute atomic E-state index is 0. The molecule has 0 bridgehead atoms. The van der Waals surface area contributed by atoms with Gasteiger partial charge in [-0.25, -0.2) is 9.67 Å². The van der Waals surface area contributed by atoms with Crippen LogP contribution in [0.2, 0.25) is 0 Å². The van der Waals surface area contributed by atoms with Crippen molar-refractivity contribution in [3.63, 3.8) is 0 Å². The Labute approximate surface area is 148 Å². The van der Waals surface area contributed by atoms with Crippen molar-refractivity contribution in [2.45, 2.75) is 20.0 Å². The van der Waals surface area contributed by atoms with Crippen molar-refractivity contribution in [1.29, 1.82) is 0 Å². The van der Waals surface area contributed by atoms with Gasteiger partial charge in [0.25, 0.3) is 0 Å². The Bertz CT molecular complexity index is 577. The molecule has 1 aromatic heterocycles. The van der Waals surface area contributed by atoms with Crippen LogP contribution in [0.1, 0.15) is 18.1 Å². The highest BCUT2D eigenvalue weighted by Crippen LogP contribution is 2.10. The van der Waals surface area contributed by atoms with Crippen LogP contribution in [0.15, 0.2) is 36.9 Å². The van der Waals surface area contributed by atoms with E-state index >= 15 is 0 Å². The smallest absolute Gasteiger partial charge is 0.224 e. The minimum atomic E-state index is -0.0440. The quantitative estimate of drug-likeness (QED) is 0.788. The Morgan fingerprint density at radius 3 is 2.57 bits per heavy atom. The first-order valence-corrected chi connectivity index (χ1v) is 7.02. The molecule has 0 saturated heterocycles. The number of hydrogen-bond acceptors (Lipinski definition) is 4. The molecule has 8 heteroatoms. The summed E-state index contributed by atoms with van der Waals surface area (Å²) in [6.45, 7) is 3.76. The van der Waals surface area contributed by atoms with Gasteiger partial charge in [-0.1, -0.05) is 31.2 Å². The number of amides is 1. The van der Waals surface area contributed by atoms with Crippen molar-refractivity contribution in [2.24, 2.45) is 5.92 Å². The third-order valence-corrected chi connectivity index (χ3v) is 3.33. The Kier molecular flexibility index (Phi) is 10.2. The van der Waals surface area contributed by atoms with Crippen LogP contribution < -0.4 is 10.6 Å². The number of rotatable bonds is 7. The molecular weight excluding hydrogens is 337 g/mol. The molecule has 1 heterocycles. The van der Waals surface area contributed by atoms with Crippen LogP contribution >= 0.6 is 24.8 Å². The van der Waals surface area contributed by atoms with Crippen molar-refractivity contribution >= 4 is 30.7 Å². The van der Waals surface area contributed by atoms with Crippen molar-refractivity contribution in [3.05, 3.63) is 48.0 Å². The van der Waals surface area contributed by atoms with E-state index in [1.54, 1.807) is 11.0 Å². The fraction of sp³-hybridized carbons (Fsp3) is 0.400. The minimum Gasteiger partial charge on any atom is -0.352 e. The van der Waals surface area contributed by atoms with E-state index in [1.807, 2.05) is 38.2 Å². The molecule has 1 aromatic carbocycles. The van der Waals surface area contributed by atoms with Gasteiger partial charge in [0.15, 0.2) is 0 Å². The van der Waals surface area contributed by atoms with Gasteiger partial charge in [0, 0.05) is 19.0 Å². The van der Waals surface area contributed by atoms with Crippen molar-refractivity contribution in [1.82, 2.24) is 25.4 Å². The van der Waals surface area contributed by atoms with Gasteiger partial charge in [-0.05, 0) is 18.2 Å². The number of nitrogens with one attached hydrogen (secondary N) is 2. The molecule has 1 unspecified atom stereocenters. The lowest BCUT2D eigenvalue weighted by Gasteiger charge is -2.14. The molecule has 0 radical (unpaired) electrons. The number of benzene rings is 1. The highest BCUT2D eigenvalue weighted by Gasteiger charge is 2.12. The third kappa shape index (κ3) is 6.56. The summed E-state index contributed by atoms with van der Waals surface area (Å²) >= 11 is 0. The Hall–Kier alpha value is -1.63. The molecular formula is C15H23Cl2N5O. The van der Waals surface area contributed by atoms with E-state index < -0.39 is 0 Å². The Morgan fingerprint density at radius 1 is 1.26 bits per heavy atom. The highest BCUT2D eigenvalue weighted by molar-refractivity contribution is 5.85. The second kappa shape index (κ2) is 11.0. The first-order valence-electron chi connectivity index (χ1n) is 7.02. The molecule has 0 aliphatic heterocycles. The summed E-state index contributed by atoms with van der Waals surface area (Å²) < 4.78 is 1.77. The van der Waals surface area contributed by atoms with Gasteiger partial charge in [-0.15, -0.1) is 24.8 Å². The third-order valence-electron chi connectivity index (χ3n) is 3.33. The van der Waals surface area contributed by atoms with Crippen molar-refractivity contribution in [3.8, 4) is 0 Å². The molecule has 1 amide bonds. The monoisotopic (exact) mass is 359 g/mol. The number of carbonyl (C=O) groups excluding carboxylic acids is 1. The lowest BCUT2D eigenvalue weighted by Crippen LogP contribution is -2.34. The summed E-state index contributed by atoms with van der Waals surface area (Å²) in [6.07, 6.45) is 3.20. The summed E-state index contributed by atoms with van der Waals surface area (Å²) in [4.78, 5) is 15.9. The average molecular weight is 360 g/mol. The summed E-state index contributed by atoms with van der Waals surface area (Å²) in [6, 6.07) is 8.03. The molecule has 0 aliphatic rings. The van der Waals surface area contributed by atoms with Crippen LogP contribution in [0.25, 0.3) is 0 Å². The predicted molar refractivity (Wildman–Crippen MR) is 95.0 cm³/mol. The van der Waals surface area contributed by atoms with Crippen LogP contribution in [0.3, 0.4) is 0 Å². The van der Waals surface area contributed by atoms with E-state index in [9.17, 15) is 4.79 Å². The number of carbonyl (C=O) groups is 1.